The van der Waals surface area contributed by atoms with Crippen molar-refractivity contribution in [2.75, 3.05) is 0 Å². The van der Waals surface area contributed by atoms with Gasteiger partial charge >= 0.3 is 0 Å². The molecule has 20 heavy (non-hydrogen) atoms. The van der Waals surface area contributed by atoms with E-state index in [1.54, 1.807) is 12.1 Å². The number of allylic oxidation sites excluding steroid dienone is 2. The van der Waals surface area contributed by atoms with Crippen LogP contribution in [0.5, 0.6) is 0 Å². The van der Waals surface area contributed by atoms with Crippen LogP contribution in [-0.2, 0) is 17.6 Å². The summed E-state index contributed by atoms with van der Waals surface area (Å²) in [4.78, 5) is 11.9. The first-order chi connectivity index (χ1) is 9.66. The molecule has 0 amide bonds. The van der Waals surface area contributed by atoms with Crippen LogP contribution in [0.15, 0.2) is 72.2 Å². The third-order valence-corrected chi connectivity index (χ3v) is 2.96. The number of hydrogen-bond acceptors (Lipinski definition) is 3. The number of aliphatic hydroxyl groups is 2. The van der Waals surface area contributed by atoms with Crippen molar-refractivity contribution >= 4 is 5.78 Å². The van der Waals surface area contributed by atoms with Crippen molar-refractivity contribution < 1.29 is 15.0 Å². The molecule has 0 saturated heterocycles. The number of carbonyl (C=O) groups is 1. The zero-order valence-corrected chi connectivity index (χ0v) is 11.0. The fraction of sp³-hybridized carbons (Fsp3) is 0.118. The predicted octanol–water partition coefficient (Wildman–Crippen LogP) is 3.37. The third-order valence-electron chi connectivity index (χ3n) is 2.96. The van der Waals surface area contributed by atoms with Crippen molar-refractivity contribution in [1.82, 2.24) is 0 Å². The van der Waals surface area contributed by atoms with Gasteiger partial charge in [0.15, 0.2) is 5.76 Å². The van der Waals surface area contributed by atoms with Crippen molar-refractivity contribution in [3.63, 3.8) is 0 Å². The molecule has 3 heteroatoms. The molecule has 0 fully saturated rings. The van der Waals surface area contributed by atoms with Crippen LogP contribution in [0.25, 0.3) is 0 Å². The highest BCUT2D eigenvalue weighted by Gasteiger charge is 2.14. The highest BCUT2D eigenvalue weighted by Crippen LogP contribution is 2.11. The Kier molecular flexibility index (Phi) is 4.56. The number of carbonyl (C=O) groups excluding carboxylic acids is 1. The zero-order valence-electron chi connectivity index (χ0n) is 11.0. The molecule has 0 bridgehead atoms. The molecule has 0 heterocycles. The Bertz CT molecular complexity index is 601. The summed E-state index contributed by atoms with van der Waals surface area (Å²) < 4.78 is 0. The lowest BCUT2D eigenvalue weighted by Crippen LogP contribution is -2.10. The van der Waals surface area contributed by atoms with Gasteiger partial charge in [0, 0.05) is 12.8 Å². The Morgan fingerprint density at radius 1 is 0.750 bits per heavy atom. The second-order valence-corrected chi connectivity index (χ2v) is 4.54. The molecule has 0 aliphatic carbocycles. The van der Waals surface area contributed by atoms with E-state index in [2.05, 4.69) is 0 Å². The van der Waals surface area contributed by atoms with Crippen LogP contribution in [-0.4, -0.2) is 16.0 Å². The lowest BCUT2D eigenvalue weighted by molar-refractivity contribution is -0.117. The van der Waals surface area contributed by atoms with E-state index in [4.69, 9.17) is 0 Å². The molecule has 0 radical (unpaired) electrons. The molecular weight excluding hydrogens is 252 g/mol. The minimum atomic E-state index is -0.558. The van der Waals surface area contributed by atoms with Crippen molar-refractivity contribution in [3.8, 4) is 0 Å². The van der Waals surface area contributed by atoms with Crippen LogP contribution in [0.2, 0.25) is 0 Å². The van der Waals surface area contributed by atoms with Gasteiger partial charge in [-0.05, 0) is 11.1 Å². The van der Waals surface area contributed by atoms with Gasteiger partial charge in [-0.3, -0.25) is 4.79 Å². The maximum atomic E-state index is 11.9. The van der Waals surface area contributed by atoms with Crippen molar-refractivity contribution in [2.24, 2.45) is 0 Å². The molecule has 3 nitrogen and oxygen atoms in total. The predicted molar refractivity (Wildman–Crippen MR) is 77.6 cm³/mol. The zero-order chi connectivity index (χ0) is 14.4. The van der Waals surface area contributed by atoms with E-state index in [9.17, 15) is 15.0 Å². The van der Waals surface area contributed by atoms with Crippen LogP contribution < -0.4 is 0 Å². The number of benzene rings is 2. The van der Waals surface area contributed by atoms with Crippen LogP contribution in [0, 0.1) is 0 Å². The minimum Gasteiger partial charge on any atom is -0.508 e. The lowest BCUT2D eigenvalue weighted by atomic mass is 10.1. The molecule has 2 rings (SSSR count). The van der Waals surface area contributed by atoms with Crippen LogP contribution in [0.1, 0.15) is 11.1 Å². The largest absolute Gasteiger partial charge is 0.508 e. The van der Waals surface area contributed by atoms with E-state index in [1.807, 2.05) is 48.5 Å². The molecular formula is C17H16O3. The van der Waals surface area contributed by atoms with Gasteiger partial charge in [0.1, 0.15) is 5.76 Å². The quantitative estimate of drug-likeness (QED) is 0.645. The normalized spacial score (nSPS) is 11.8. The fourth-order valence-corrected chi connectivity index (χ4v) is 1.90. The topological polar surface area (TPSA) is 57.5 Å². The first-order valence-electron chi connectivity index (χ1n) is 6.39. The van der Waals surface area contributed by atoms with E-state index < -0.39 is 11.5 Å². The van der Waals surface area contributed by atoms with Gasteiger partial charge < -0.3 is 10.2 Å². The summed E-state index contributed by atoms with van der Waals surface area (Å²) in [5.74, 6) is -1.33. The van der Waals surface area contributed by atoms with Gasteiger partial charge in [-0.15, -0.1) is 0 Å². The molecule has 0 saturated carbocycles. The summed E-state index contributed by atoms with van der Waals surface area (Å²) in [6, 6.07) is 18.3. The van der Waals surface area contributed by atoms with Crippen LogP contribution >= 0.6 is 0 Å². The summed E-state index contributed by atoms with van der Waals surface area (Å²) in [5.41, 5.74) is 1.64. The molecule has 0 atom stereocenters. The maximum Gasteiger partial charge on any atom is 0.205 e. The average molecular weight is 268 g/mol. The summed E-state index contributed by atoms with van der Waals surface area (Å²) in [5, 5.41) is 19.6. The van der Waals surface area contributed by atoms with Gasteiger partial charge in [0.25, 0.3) is 0 Å². The Morgan fingerprint density at radius 2 is 1.20 bits per heavy atom. The van der Waals surface area contributed by atoms with Crippen molar-refractivity contribution in [2.45, 2.75) is 12.8 Å². The van der Waals surface area contributed by atoms with Crippen molar-refractivity contribution in [3.05, 3.63) is 83.3 Å². The molecule has 0 aromatic heterocycles. The standard InChI is InChI=1S/C17H16O3/c18-15(11-13-7-3-1-4-8-13)17(20)16(19)12-14-9-5-2-6-10-14/h1-10,18,20H,11-12H2/b17-15+. The Hall–Kier alpha value is -2.55. The molecule has 0 unspecified atom stereocenters. The summed E-state index contributed by atoms with van der Waals surface area (Å²) in [6.45, 7) is 0. The minimum absolute atomic E-state index is 0.0749. The Morgan fingerprint density at radius 3 is 1.70 bits per heavy atom. The Balaban J connectivity index is 2.06. The molecule has 2 N–H and O–H groups in total. The Labute approximate surface area is 117 Å². The first-order valence-corrected chi connectivity index (χ1v) is 6.39. The SMILES string of the molecule is O=C(Cc1ccccc1)/C(O)=C(\O)Cc1ccccc1. The third kappa shape index (κ3) is 3.72. The van der Waals surface area contributed by atoms with Gasteiger partial charge in [-0.2, -0.15) is 0 Å². The van der Waals surface area contributed by atoms with E-state index >= 15 is 0 Å². The van der Waals surface area contributed by atoms with E-state index in [-0.39, 0.29) is 18.6 Å². The van der Waals surface area contributed by atoms with Crippen LogP contribution in [0.4, 0.5) is 0 Å². The first kappa shape index (κ1) is 13.9. The number of hydrogen-bond donors (Lipinski definition) is 2. The molecule has 0 aliphatic heterocycles. The number of rotatable bonds is 5. The van der Waals surface area contributed by atoms with E-state index in [1.165, 1.54) is 0 Å². The number of ketones is 1. The monoisotopic (exact) mass is 268 g/mol. The fourth-order valence-electron chi connectivity index (χ4n) is 1.90. The summed E-state index contributed by atoms with van der Waals surface area (Å²) in [6.07, 6.45) is 0.221. The molecule has 0 aliphatic rings. The second kappa shape index (κ2) is 6.57. The highest BCUT2D eigenvalue weighted by molar-refractivity contribution is 5.95. The van der Waals surface area contributed by atoms with Crippen LogP contribution in [0.3, 0.4) is 0 Å². The summed E-state index contributed by atoms with van der Waals surface area (Å²) >= 11 is 0. The van der Waals surface area contributed by atoms with Gasteiger partial charge in [0.2, 0.25) is 5.78 Å². The lowest BCUT2D eigenvalue weighted by Gasteiger charge is -2.05. The average Bonchev–Trinajstić information content (AvgIpc) is 2.48. The van der Waals surface area contributed by atoms with E-state index in [0.717, 1.165) is 11.1 Å². The van der Waals surface area contributed by atoms with Gasteiger partial charge in [-0.1, -0.05) is 60.7 Å². The molecule has 2 aromatic rings. The molecule has 0 spiro atoms. The number of Topliss-reactive ketones (excluding diaryl/α,β-unsaturated/α-hetero) is 1. The second-order valence-electron chi connectivity index (χ2n) is 4.54. The smallest absolute Gasteiger partial charge is 0.205 e. The summed E-state index contributed by atoms with van der Waals surface area (Å²) in [7, 11) is 0. The van der Waals surface area contributed by atoms with E-state index in [0.29, 0.717) is 0 Å². The van der Waals surface area contributed by atoms with Crippen molar-refractivity contribution in [1.29, 1.82) is 0 Å². The van der Waals surface area contributed by atoms with Gasteiger partial charge in [0.05, 0.1) is 0 Å². The van der Waals surface area contributed by atoms with Gasteiger partial charge in [-0.25, -0.2) is 0 Å². The molecule has 2 aromatic carbocycles. The maximum absolute atomic E-state index is 11.9. The molecule has 102 valence electrons. The number of aliphatic hydroxyl groups excluding tert-OH is 2. The highest BCUT2D eigenvalue weighted by atomic mass is 16.3.